The van der Waals surface area contributed by atoms with Crippen LogP contribution in [0.15, 0.2) is 24.3 Å². The summed E-state index contributed by atoms with van der Waals surface area (Å²) in [6.07, 6.45) is 0.714. The van der Waals surface area contributed by atoms with Crippen LogP contribution in [0.1, 0.15) is 44.6 Å². The fraction of sp³-hybridized carbons (Fsp3) is 0.368. The normalized spacial score (nSPS) is 10.4. The van der Waals surface area contributed by atoms with Crippen LogP contribution < -0.4 is 10.1 Å². The average Bonchev–Trinajstić information content (AvgIpc) is 3.01. The van der Waals surface area contributed by atoms with E-state index in [9.17, 15) is 9.59 Å². The molecular formula is C19H24N2O4. The first-order valence-corrected chi connectivity index (χ1v) is 8.28. The molecule has 0 radical (unpaired) electrons. The lowest BCUT2D eigenvalue weighted by Crippen LogP contribution is -2.19. The van der Waals surface area contributed by atoms with Crippen molar-refractivity contribution in [2.24, 2.45) is 0 Å². The van der Waals surface area contributed by atoms with Gasteiger partial charge in [0.05, 0.1) is 13.2 Å². The molecule has 2 rings (SSSR count). The van der Waals surface area contributed by atoms with Gasteiger partial charge in [-0.1, -0.05) is 18.2 Å². The van der Waals surface area contributed by atoms with Crippen LogP contribution in [-0.4, -0.2) is 37.1 Å². The highest BCUT2D eigenvalue weighted by molar-refractivity contribution is 5.98. The maximum absolute atomic E-state index is 12.0. The third-order valence-corrected chi connectivity index (χ3v) is 3.99. The Labute approximate surface area is 147 Å². The zero-order valence-corrected chi connectivity index (χ0v) is 15.1. The SMILES string of the molecule is CCOC(=O)c1cc(OCCc2c(C)cccc2C)c(C(=O)NC)[nH]1. The summed E-state index contributed by atoms with van der Waals surface area (Å²) in [4.78, 5) is 26.6. The Morgan fingerprint density at radius 2 is 1.88 bits per heavy atom. The summed E-state index contributed by atoms with van der Waals surface area (Å²) in [5, 5.41) is 2.53. The van der Waals surface area contributed by atoms with Gasteiger partial charge in [-0.2, -0.15) is 0 Å². The van der Waals surface area contributed by atoms with E-state index in [1.807, 2.05) is 6.07 Å². The molecule has 6 nitrogen and oxygen atoms in total. The number of carbonyl (C=O) groups excluding carboxylic acids is 2. The number of aromatic amines is 1. The smallest absolute Gasteiger partial charge is 0.354 e. The molecule has 1 heterocycles. The topological polar surface area (TPSA) is 80.4 Å². The fourth-order valence-electron chi connectivity index (χ4n) is 2.67. The molecule has 0 aliphatic heterocycles. The lowest BCUT2D eigenvalue weighted by Gasteiger charge is -2.11. The van der Waals surface area contributed by atoms with Gasteiger partial charge in [0.25, 0.3) is 5.91 Å². The van der Waals surface area contributed by atoms with Gasteiger partial charge in [-0.25, -0.2) is 4.79 Å². The van der Waals surface area contributed by atoms with E-state index in [1.165, 1.54) is 29.8 Å². The average molecular weight is 344 g/mol. The number of amides is 1. The van der Waals surface area contributed by atoms with Gasteiger partial charge in [-0.3, -0.25) is 4.79 Å². The van der Waals surface area contributed by atoms with E-state index in [0.29, 0.717) is 18.8 Å². The number of hydrogen-bond acceptors (Lipinski definition) is 4. The number of nitrogens with one attached hydrogen (secondary N) is 2. The maximum Gasteiger partial charge on any atom is 0.354 e. The molecule has 0 unspecified atom stereocenters. The van der Waals surface area contributed by atoms with E-state index in [0.717, 1.165) is 0 Å². The van der Waals surface area contributed by atoms with Crippen molar-refractivity contribution in [1.82, 2.24) is 10.3 Å². The lowest BCUT2D eigenvalue weighted by atomic mass is 10.0. The maximum atomic E-state index is 12.0. The molecule has 25 heavy (non-hydrogen) atoms. The number of benzene rings is 1. The van der Waals surface area contributed by atoms with Gasteiger partial charge in [0.2, 0.25) is 0 Å². The summed E-state index contributed by atoms with van der Waals surface area (Å²) < 4.78 is 10.7. The first-order chi connectivity index (χ1) is 12.0. The van der Waals surface area contributed by atoms with Crippen LogP contribution in [0.4, 0.5) is 0 Å². The molecule has 0 bridgehead atoms. The van der Waals surface area contributed by atoms with Crippen molar-refractivity contribution < 1.29 is 19.1 Å². The van der Waals surface area contributed by atoms with Crippen molar-refractivity contribution in [2.75, 3.05) is 20.3 Å². The molecule has 6 heteroatoms. The first kappa shape index (κ1) is 18.6. The Kier molecular flexibility index (Phi) is 6.22. The largest absolute Gasteiger partial charge is 0.491 e. The van der Waals surface area contributed by atoms with Gasteiger partial charge < -0.3 is 19.8 Å². The first-order valence-electron chi connectivity index (χ1n) is 8.28. The second-order valence-corrected chi connectivity index (χ2v) is 5.69. The van der Waals surface area contributed by atoms with Gasteiger partial charge in [-0.15, -0.1) is 0 Å². The molecule has 2 N–H and O–H groups in total. The molecule has 1 aromatic carbocycles. The van der Waals surface area contributed by atoms with E-state index in [-0.39, 0.29) is 23.9 Å². The molecule has 1 aromatic heterocycles. The highest BCUT2D eigenvalue weighted by atomic mass is 16.5. The number of ether oxygens (including phenoxy) is 2. The minimum absolute atomic E-state index is 0.197. The van der Waals surface area contributed by atoms with Crippen molar-refractivity contribution in [1.29, 1.82) is 0 Å². The number of hydrogen-bond donors (Lipinski definition) is 2. The van der Waals surface area contributed by atoms with Crippen LogP contribution in [0.2, 0.25) is 0 Å². The predicted octanol–water partition coefficient (Wildman–Crippen LogP) is 2.79. The van der Waals surface area contributed by atoms with Crippen LogP contribution in [0.5, 0.6) is 5.75 Å². The molecule has 2 aromatic rings. The number of rotatable bonds is 7. The Morgan fingerprint density at radius 1 is 1.20 bits per heavy atom. The number of carbonyl (C=O) groups is 2. The Balaban J connectivity index is 2.14. The molecule has 0 saturated carbocycles. The molecular weight excluding hydrogens is 320 g/mol. The summed E-state index contributed by atoms with van der Waals surface area (Å²) in [6.45, 7) is 6.51. The molecule has 1 amide bonds. The molecule has 0 fully saturated rings. The van der Waals surface area contributed by atoms with Crippen LogP contribution in [0.25, 0.3) is 0 Å². The minimum atomic E-state index is -0.516. The van der Waals surface area contributed by atoms with Crippen molar-refractivity contribution >= 4 is 11.9 Å². The molecule has 0 spiro atoms. The number of aromatic nitrogens is 1. The van der Waals surface area contributed by atoms with Gasteiger partial charge in [0, 0.05) is 19.5 Å². The van der Waals surface area contributed by atoms with E-state index >= 15 is 0 Å². The van der Waals surface area contributed by atoms with Crippen LogP contribution in [0, 0.1) is 13.8 Å². The van der Waals surface area contributed by atoms with E-state index in [4.69, 9.17) is 9.47 Å². The summed E-state index contributed by atoms with van der Waals surface area (Å²) >= 11 is 0. The van der Waals surface area contributed by atoms with Crippen LogP contribution >= 0.6 is 0 Å². The summed E-state index contributed by atoms with van der Waals surface area (Å²) in [5.41, 5.74) is 4.05. The summed E-state index contributed by atoms with van der Waals surface area (Å²) in [5.74, 6) is -0.525. The van der Waals surface area contributed by atoms with Crippen molar-refractivity contribution in [2.45, 2.75) is 27.2 Å². The number of aryl methyl sites for hydroxylation is 2. The second-order valence-electron chi connectivity index (χ2n) is 5.69. The van der Waals surface area contributed by atoms with Crippen LogP contribution in [-0.2, 0) is 11.2 Å². The van der Waals surface area contributed by atoms with Crippen LogP contribution in [0.3, 0.4) is 0 Å². The quantitative estimate of drug-likeness (QED) is 0.757. The fourth-order valence-corrected chi connectivity index (χ4v) is 2.67. The second kappa shape index (κ2) is 8.37. The van der Waals surface area contributed by atoms with Gasteiger partial charge >= 0.3 is 5.97 Å². The van der Waals surface area contributed by atoms with E-state index < -0.39 is 5.97 Å². The molecule has 0 saturated heterocycles. The molecule has 0 aliphatic carbocycles. The third-order valence-electron chi connectivity index (χ3n) is 3.99. The van der Waals surface area contributed by atoms with E-state index in [2.05, 4.69) is 36.3 Å². The van der Waals surface area contributed by atoms with Gasteiger partial charge in [0.1, 0.15) is 11.4 Å². The Bertz CT molecular complexity index is 745. The zero-order chi connectivity index (χ0) is 18.4. The van der Waals surface area contributed by atoms with Crippen molar-refractivity contribution in [3.63, 3.8) is 0 Å². The minimum Gasteiger partial charge on any atom is -0.491 e. The lowest BCUT2D eigenvalue weighted by molar-refractivity contribution is 0.0520. The molecule has 0 aliphatic rings. The van der Waals surface area contributed by atoms with Gasteiger partial charge in [0.15, 0.2) is 5.75 Å². The third kappa shape index (κ3) is 4.41. The molecule has 0 atom stereocenters. The Morgan fingerprint density at radius 3 is 2.48 bits per heavy atom. The molecule has 134 valence electrons. The summed E-state index contributed by atoms with van der Waals surface area (Å²) in [7, 11) is 1.52. The van der Waals surface area contributed by atoms with Crippen molar-refractivity contribution in [3.05, 3.63) is 52.3 Å². The number of H-pyrrole nitrogens is 1. The number of esters is 1. The zero-order valence-electron chi connectivity index (χ0n) is 15.1. The highest BCUT2D eigenvalue weighted by Crippen LogP contribution is 2.22. The highest BCUT2D eigenvalue weighted by Gasteiger charge is 2.20. The van der Waals surface area contributed by atoms with Crippen molar-refractivity contribution in [3.8, 4) is 5.75 Å². The van der Waals surface area contributed by atoms with Gasteiger partial charge in [-0.05, 0) is 37.5 Å². The standard InChI is InChI=1S/C19H24N2O4/c1-5-24-19(23)15-11-16(17(21-15)18(22)20-4)25-10-9-14-12(2)7-6-8-13(14)3/h6-8,11,21H,5,9-10H2,1-4H3,(H,20,22). The summed E-state index contributed by atoms with van der Waals surface area (Å²) in [6, 6.07) is 7.66. The monoisotopic (exact) mass is 344 g/mol. The Hall–Kier alpha value is -2.76. The van der Waals surface area contributed by atoms with E-state index in [1.54, 1.807) is 6.92 Å². The predicted molar refractivity (Wildman–Crippen MR) is 95.3 cm³/mol.